The molecule has 1 saturated heterocycles. The van der Waals surface area contributed by atoms with Gasteiger partial charge in [0.15, 0.2) is 5.78 Å². The lowest BCUT2D eigenvalue weighted by molar-refractivity contribution is 0.0895. The molecule has 2 fully saturated rings. The molecule has 1 heterocycles. The molecular formula is C16H22ClNO. The third kappa shape index (κ3) is 3.80. The van der Waals surface area contributed by atoms with Crippen molar-refractivity contribution in [3.8, 4) is 0 Å². The average Bonchev–Trinajstić information content (AvgIpc) is 3.24. The maximum Gasteiger partial charge on any atom is 0.166 e. The molecule has 0 aromatic heterocycles. The molecule has 1 aromatic rings. The first-order chi connectivity index (χ1) is 8.83. The van der Waals surface area contributed by atoms with Crippen LogP contribution in [0, 0.1) is 11.8 Å². The zero-order chi connectivity index (χ0) is 12.4. The molecule has 2 aliphatic rings. The van der Waals surface area contributed by atoms with Crippen LogP contribution in [0.15, 0.2) is 24.3 Å². The predicted molar refractivity (Wildman–Crippen MR) is 80.0 cm³/mol. The number of carbonyl (C=O) groups excluding carboxylic acids is 1. The van der Waals surface area contributed by atoms with Crippen LogP contribution in [-0.4, -0.2) is 18.9 Å². The topological polar surface area (TPSA) is 29.1 Å². The molecule has 0 radical (unpaired) electrons. The van der Waals surface area contributed by atoms with Crippen LogP contribution in [0.3, 0.4) is 0 Å². The molecule has 3 rings (SSSR count). The first-order valence-corrected chi connectivity index (χ1v) is 7.17. The van der Waals surface area contributed by atoms with Gasteiger partial charge in [-0.05, 0) is 56.7 Å². The zero-order valence-electron chi connectivity index (χ0n) is 11.2. The number of nitrogens with one attached hydrogen (secondary N) is 1. The summed E-state index contributed by atoms with van der Waals surface area (Å²) in [4.78, 5) is 12.3. The van der Waals surface area contributed by atoms with Crippen molar-refractivity contribution in [3.63, 3.8) is 0 Å². The Morgan fingerprint density at radius 2 is 1.68 bits per heavy atom. The van der Waals surface area contributed by atoms with E-state index in [9.17, 15) is 4.79 Å². The third-order valence-corrected chi connectivity index (χ3v) is 4.17. The van der Waals surface area contributed by atoms with Gasteiger partial charge >= 0.3 is 0 Å². The molecule has 0 atom stereocenters. The van der Waals surface area contributed by atoms with Gasteiger partial charge in [-0.1, -0.05) is 24.3 Å². The van der Waals surface area contributed by atoms with Gasteiger partial charge in [-0.2, -0.15) is 0 Å². The summed E-state index contributed by atoms with van der Waals surface area (Å²) in [7, 11) is 0. The van der Waals surface area contributed by atoms with Crippen LogP contribution in [0.4, 0.5) is 0 Å². The lowest BCUT2D eigenvalue weighted by Gasteiger charge is -2.21. The Balaban J connectivity index is 0.00000133. The minimum Gasteiger partial charge on any atom is -0.317 e. The number of carbonyl (C=O) groups is 1. The maximum atomic E-state index is 12.3. The summed E-state index contributed by atoms with van der Waals surface area (Å²) in [5.41, 5.74) is 2.29. The second-order valence-corrected chi connectivity index (χ2v) is 5.73. The van der Waals surface area contributed by atoms with Crippen molar-refractivity contribution in [1.29, 1.82) is 0 Å². The molecule has 2 nitrogen and oxygen atoms in total. The fraction of sp³-hybridized carbons (Fsp3) is 0.562. The monoisotopic (exact) mass is 279 g/mol. The van der Waals surface area contributed by atoms with Gasteiger partial charge in [0.2, 0.25) is 0 Å². The maximum absolute atomic E-state index is 12.3. The number of halogens is 1. The normalized spacial score (nSPS) is 19.8. The Morgan fingerprint density at radius 3 is 2.26 bits per heavy atom. The summed E-state index contributed by atoms with van der Waals surface area (Å²) >= 11 is 0. The molecule has 1 N–H and O–H groups in total. The van der Waals surface area contributed by atoms with Crippen LogP contribution in [0.5, 0.6) is 0 Å². The number of rotatable bonds is 4. The van der Waals surface area contributed by atoms with Crippen molar-refractivity contribution in [2.24, 2.45) is 11.8 Å². The second-order valence-electron chi connectivity index (χ2n) is 5.73. The molecule has 0 amide bonds. The quantitative estimate of drug-likeness (QED) is 0.858. The van der Waals surface area contributed by atoms with Crippen LogP contribution < -0.4 is 5.32 Å². The van der Waals surface area contributed by atoms with E-state index in [1.165, 1.54) is 24.8 Å². The lowest BCUT2D eigenvalue weighted by atomic mass is 9.89. The van der Waals surface area contributed by atoms with Gasteiger partial charge in [-0.25, -0.2) is 0 Å². The number of Topliss-reactive ketones (excluding diaryl/α,β-unsaturated/α-hetero) is 1. The Labute approximate surface area is 121 Å². The van der Waals surface area contributed by atoms with Crippen LogP contribution in [-0.2, 0) is 6.42 Å². The van der Waals surface area contributed by atoms with E-state index in [1.54, 1.807) is 0 Å². The number of piperidine rings is 1. The SMILES string of the molecule is Cl.O=C(c1ccc(CC2CC2)cc1)C1CCNCC1. The molecule has 0 spiro atoms. The van der Waals surface area contributed by atoms with Crippen molar-refractivity contribution in [1.82, 2.24) is 5.32 Å². The van der Waals surface area contributed by atoms with Gasteiger partial charge in [0.05, 0.1) is 0 Å². The summed E-state index contributed by atoms with van der Waals surface area (Å²) in [5.74, 6) is 1.49. The number of hydrogen-bond donors (Lipinski definition) is 1. The Bertz CT molecular complexity index is 419. The highest BCUT2D eigenvalue weighted by molar-refractivity contribution is 5.97. The highest BCUT2D eigenvalue weighted by Gasteiger charge is 2.23. The van der Waals surface area contributed by atoms with E-state index in [0.29, 0.717) is 5.78 Å². The van der Waals surface area contributed by atoms with Gasteiger partial charge < -0.3 is 5.32 Å². The molecule has 1 aliphatic carbocycles. The van der Waals surface area contributed by atoms with E-state index in [0.717, 1.165) is 37.4 Å². The Morgan fingerprint density at radius 1 is 1.05 bits per heavy atom. The van der Waals surface area contributed by atoms with E-state index in [1.807, 2.05) is 12.1 Å². The summed E-state index contributed by atoms with van der Waals surface area (Å²) < 4.78 is 0. The predicted octanol–water partition coefficient (Wildman–Crippen LogP) is 3.24. The summed E-state index contributed by atoms with van der Waals surface area (Å²) in [5, 5.41) is 3.31. The minimum atomic E-state index is 0. The van der Waals surface area contributed by atoms with Gasteiger partial charge in [-0.3, -0.25) is 4.79 Å². The van der Waals surface area contributed by atoms with E-state index in [2.05, 4.69) is 17.4 Å². The fourth-order valence-corrected chi connectivity index (χ4v) is 2.78. The van der Waals surface area contributed by atoms with Crippen LogP contribution in [0.25, 0.3) is 0 Å². The molecule has 1 aliphatic heterocycles. The average molecular weight is 280 g/mol. The number of ketones is 1. The first kappa shape index (κ1) is 14.5. The largest absolute Gasteiger partial charge is 0.317 e. The highest BCUT2D eigenvalue weighted by atomic mass is 35.5. The van der Waals surface area contributed by atoms with E-state index >= 15 is 0 Å². The Hall–Kier alpha value is -0.860. The molecule has 3 heteroatoms. The number of benzene rings is 1. The van der Waals surface area contributed by atoms with E-state index < -0.39 is 0 Å². The number of hydrogen-bond acceptors (Lipinski definition) is 2. The van der Waals surface area contributed by atoms with Crippen LogP contribution in [0.1, 0.15) is 41.6 Å². The van der Waals surface area contributed by atoms with Crippen molar-refractivity contribution < 1.29 is 4.79 Å². The van der Waals surface area contributed by atoms with Crippen molar-refractivity contribution >= 4 is 18.2 Å². The van der Waals surface area contributed by atoms with Gasteiger partial charge in [0.25, 0.3) is 0 Å². The molecule has 19 heavy (non-hydrogen) atoms. The third-order valence-electron chi connectivity index (χ3n) is 4.17. The van der Waals surface area contributed by atoms with Gasteiger partial charge in [-0.15, -0.1) is 12.4 Å². The molecule has 1 saturated carbocycles. The second kappa shape index (κ2) is 6.53. The van der Waals surface area contributed by atoms with Crippen molar-refractivity contribution in [3.05, 3.63) is 35.4 Å². The van der Waals surface area contributed by atoms with Crippen LogP contribution in [0.2, 0.25) is 0 Å². The molecular weight excluding hydrogens is 258 g/mol. The lowest BCUT2D eigenvalue weighted by Crippen LogP contribution is -2.31. The molecule has 0 unspecified atom stereocenters. The van der Waals surface area contributed by atoms with Gasteiger partial charge in [0.1, 0.15) is 0 Å². The van der Waals surface area contributed by atoms with Crippen molar-refractivity contribution in [2.45, 2.75) is 32.1 Å². The minimum absolute atomic E-state index is 0. The van der Waals surface area contributed by atoms with E-state index in [4.69, 9.17) is 0 Å². The smallest absolute Gasteiger partial charge is 0.166 e. The van der Waals surface area contributed by atoms with Crippen LogP contribution >= 0.6 is 12.4 Å². The fourth-order valence-electron chi connectivity index (χ4n) is 2.78. The van der Waals surface area contributed by atoms with E-state index in [-0.39, 0.29) is 18.3 Å². The Kier molecular flexibility index (Phi) is 5.00. The highest BCUT2D eigenvalue weighted by Crippen LogP contribution is 2.32. The summed E-state index contributed by atoms with van der Waals surface area (Å²) in [6, 6.07) is 8.35. The standard InChI is InChI=1S/C16H21NO.ClH/c18-16(15-7-9-17-10-8-15)14-5-3-13(4-6-14)11-12-1-2-12;/h3-6,12,15,17H,1-2,7-11H2;1H. The van der Waals surface area contributed by atoms with Crippen molar-refractivity contribution in [2.75, 3.05) is 13.1 Å². The molecule has 104 valence electrons. The van der Waals surface area contributed by atoms with Gasteiger partial charge in [0, 0.05) is 11.5 Å². The molecule has 0 bridgehead atoms. The summed E-state index contributed by atoms with van der Waals surface area (Å²) in [6.07, 6.45) is 5.94. The summed E-state index contributed by atoms with van der Waals surface area (Å²) in [6.45, 7) is 1.96. The zero-order valence-corrected chi connectivity index (χ0v) is 12.0. The first-order valence-electron chi connectivity index (χ1n) is 7.17. The molecule has 1 aromatic carbocycles.